The molecule has 0 saturated carbocycles. The van der Waals surface area contributed by atoms with Crippen molar-refractivity contribution in [3.8, 4) is 17.2 Å². The molecular weight excluding hydrogens is 307 g/mol. The number of rotatable bonds is 3. The summed E-state index contributed by atoms with van der Waals surface area (Å²) in [6.07, 6.45) is 0. The van der Waals surface area contributed by atoms with Crippen molar-refractivity contribution in [2.45, 2.75) is 6.92 Å². The molecule has 3 rings (SSSR count). The highest BCUT2D eigenvalue weighted by Crippen LogP contribution is 2.32. The Hall–Kier alpha value is -2.27. The first-order valence-electron chi connectivity index (χ1n) is 6.62. The van der Waals surface area contributed by atoms with Gasteiger partial charge in [0.2, 0.25) is 0 Å². The van der Waals surface area contributed by atoms with E-state index in [9.17, 15) is 4.39 Å². The van der Waals surface area contributed by atoms with Gasteiger partial charge in [-0.25, -0.2) is 9.07 Å². The average Bonchev–Trinajstić information content (AvgIpc) is 2.82. The van der Waals surface area contributed by atoms with Crippen LogP contribution in [0.25, 0.3) is 16.6 Å². The fraction of sp³-hybridized carbons (Fsp3) is 0.188. The van der Waals surface area contributed by atoms with Gasteiger partial charge in [0.15, 0.2) is 11.6 Å². The molecule has 0 aliphatic rings. The Balaban J connectivity index is 2.21. The van der Waals surface area contributed by atoms with Gasteiger partial charge in [-0.3, -0.25) is 0 Å². The number of fused-ring (bicyclic) bond motifs is 1. The van der Waals surface area contributed by atoms with Gasteiger partial charge in [0, 0.05) is 11.5 Å². The van der Waals surface area contributed by atoms with E-state index in [-0.39, 0.29) is 5.75 Å². The molecule has 4 nitrogen and oxygen atoms in total. The number of halogens is 2. The summed E-state index contributed by atoms with van der Waals surface area (Å²) in [5, 5.41) is 5.42. The van der Waals surface area contributed by atoms with Crippen molar-refractivity contribution in [2.24, 2.45) is 0 Å². The first-order chi connectivity index (χ1) is 10.5. The summed E-state index contributed by atoms with van der Waals surface area (Å²) >= 11 is 6.41. The van der Waals surface area contributed by atoms with Crippen LogP contribution in [0.2, 0.25) is 5.15 Å². The molecular formula is C16H14ClFN2O2. The minimum Gasteiger partial charge on any atom is -0.497 e. The van der Waals surface area contributed by atoms with Gasteiger partial charge in [-0.05, 0) is 36.8 Å². The third-order valence-electron chi connectivity index (χ3n) is 3.52. The van der Waals surface area contributed by atoms with Crippen molar-refractivity contribution < 1.29 is 13.9 Å². The Bertz CT molecular complexity index is 861. The van der Waals surface area contributed by atoms with Crippen LogP contribution in [0.15, 0.2) is 30.3 Å². The fourth-order valence-electron chi connectivity index (χ4n) is 2.37. The van der Waals surface area contributed by atoms with Crippen LogP contribution in [-0.2, 0) is 0 Å². The van der Waals surface area contributed by atoms with Crippen molar-refractivity contribution in [3.05, 3.63) is 46.9 Å². The van der Waals surface area contributed by atoms with E-state index in [4.69, 9.17) is 21.1 Å². The fourth-order valence-corrected chi connectivity index (χ4v) is 2.65. The standard InChI is InChI=1S/C16H14ClFN2O2/c1-9-6-10(21-2)4-5-14(9)20-16(17)11-7-15(22-3)12(18)8-13(11)19-20/h4-8H,1-3H3. The predicted octanol–water partition coefficient (Wildman–Crippen LogP) is 4.14. The zero-order valence-electron chi connectivity index (χ0n) is 12.4. The molecule has 0 fully saturated rings. The molecule has 114 valence electrons. The van der Waals surface area contributed by atoms with Gasteiger partial charge in [-0.15, -0.1) is 0 Å². The second-order valence-electron chi connectivity index (χ2n) is 4.86. The quantitative estimate of drug-likeness (QED) is 0.727. The number of benzene rings is 2. The molecule has 22 heavy (non-hydrogen) atoms. The van der Waals surface area contributed by atoms with Gasteiger partial charge >= 0.3 is 0 Å². The van der Waals surface area contributed by atoms with Gasteiger partial charge in [-0.2, -0.15) is 5.10 Å². The van der Waals surface area contributed by atoms with E-state index in [1.54, 1.807) is 17.9 Å². The van der Waals surface area contributed by atoms with Crippen LogP contribution in [0.5, 0.6) is 11.5 Å². The normalized spacial score (nSPS) is 11.0. The Labute approximate surface area is 132 Å². The highest BCUT2D eigenvalue weighted by atomic mass is 35.5. The second-order valence-corrected chi connectivity index (χ2v) is 5.22. The van der Waals surface area contributed by atoms with Crippen LogP contribution in [0.4, 0.5) is 4.39 Å². The van der Waals surface area contributed by atoms with Crippen LogP contribution in [0.3, 0.4) is 0 Å². The summed E-state index contributed by atoms with van der Waals surface area (Å²) in [5.74, 6) is 0.421. The van der Waals surface area contributed by atoms with Crippen LogP contribution in [-0.4, -0.2) is 24.0 Å². The molecule has 0 amide bonds. The molecule has 1 aromatic heterocycles. The van der Waals surface area contributed by atoms with Crippen molar-refractivity contribution in [1.29, 1.82) is 0 Å². The number of hydrogen-bond acceptors (Lipinski definition) is 3. The maximum Gasteiger partial charge on any atom is 0.167 e. The van der Waals surface area contributed by atoms with Crippen LogP contribution in [0, 0.1) is 12.7 Å². The lowest BCUT2D eigenvalue weighted by molar-refractivity contribution is 0.387. The lowest BCUT2D eigenvalue weighted by Crippen LogP contribution is -1.99. The second kappa shape index (κ2) is 5.50. The molecule has 6 heteroatoms. The first kappa shape index (κ1) is 14.7. The first-order valence-corrected chi connectivity index (χ1v) is 6.99. The van der Waals surface area contributed by atoms with Crippen molar-refractivity contribution >= 4 is 22.5 Å². The Morgan fingerprint density at radius 3 is 2.55 bits per heavy atom. The lowest BCUT2D eigenvalue weighted by Gasteiger charge is -2.08. The van der Waals surface area contributed by atoms with Gasteiger partial charge in [-0.1, -0.05) is 11.6 Å². The monoisotopic (exact) mass is 320 g/mol. The van der Waals surface area contributed by atoms with E-state index >= 15 is 0 Å². The van der Waals surface area contributed by atoms with E-state index in [1.165, 1.54) is 13.2 Å². The zero-order chi connectivity index (χ0) is 15.9. The van der Waals surface area contributed by atoms with Gasteiger partial charge in [0.05, 0.1) is 25.4 Å². The maximum absolute atomic E-state index is 13.8. The average molecular weight is 321 g/mol. The molecule has 0 unspecified atom stereocenters. The minimum atomic E-state index is -0.470. The van der Waals surface area contributed by atoms with E-state index in [1.807, 2.05) is 25.1 Å². The SMILES string of the molecule is COc1ccc(-n2nc3cc(F)c(OC)cc3c2Cl)c(C)c1. The lowest BCUT2D eigenvalue weighted by atomic mass is 10.2. The maximum atomic E-state index is 13.8. The molecule has 1 heterocycles. The van der Waals surface area contributed by atoms with Crippen LogP contribution in [0.1, 0.15) is 5.56 Å². The molecule has 0 atom stereocenters. The Kier molecular flexibility index (Phi) is 3.66. The molecule has 0 saturated heterocycles. The van der Waals surface area contributed by atoms with Crippen molar-refractivity contribution in [3.63, 3.8) is 0 Å². The van der Waals surface area contributed by atoms with Crippen LogP contribution >= 0.6 is 11.6 Å². The third-order valence-corrected chi connectivity index (χ3v) is 3.88. The number of nitrogens with zero attached hydrogens (tertiary/aromatic N) is 2. The number of aryl methyl sites for hydroxylation is 1. The zero-order valence-corrected chi connectivity index (χ0v) is 13.1. The smallest absolute Gasteiger partial charge is 0.167 e. The largest absolute Gasteiger partial charge is 0.497 e. The molecule has 0 aliphatic carbocycles. The molecule has 0 spiro atoms. The summed E-state index contributed by atoms with van der Waals surface area (Å²) in [6.45, 7) is 1.93. The summed E-state index contributed by atoms with van der Waals surface area (Å²) in [5.41, 5.74) is 2.22. The van der Waals surface area contributed by atoms with Gasteiger partial charge < -0.3 is 9.47 Å². The summed E-state index contributed by atoms with van der Waals surface area (Å²) in [4.78, 5) is 0. The summed E-state index contributed by atoms with van der Waals surface area (Å²) in [7, 11) is 3.02. The highest BCUT2D eigenvalue weighted by molar-refractivity contribution is 6.34. The van der Waals surface area contributed by atoms with E-state index in [0.29, 0.717) is 16.1 Å². The predicted molar refractivity (Wildman–Crippen MR) is 83.9 cm³/mol. The van der Waals surface area contributed by atoms with E-state index in [0.717, 1.165) is 17.0 Å². The summed E-state index contributed by atoms with van der Waals surface area (Å²) < 4.78 is 25.6. The van der Waals surface area contributed by atoms with Crippen molar-refractivity contribution in [2.75, 3.05) is 14.2 Å². The molecule has 2 aromatic carbocycles. The molecule has 3 aromatic rings. The van der Waals surface area contributed by atoms with E-state index < -0.39 is 5.82 Å². The Morgan fingerprint density at radius 2 is 1.91 bits per heavy atom. The van der Waals surface area contributed by atoms with Crippen LogP contribution < -0.4 is 9.47 Å². The third kappa shape index (κ3) is 2.27. The number of methoxy groups -OCH3 is 2. The topological polar surface area (TPSA) is 36.3 Å². The number of ether oxygens (including phenoxy) is 2. The van der Waals surface area contributed by atoms with E-state index in [2.05, 4.69) is 5.10 Å². The molecule has 0 radical (unpaired) electrons. The Morgan fingerprint density at radius 1 is 1.14 bits per heavy atom. The minimum absolute atomic E-state index is 0.139. The van der Waals surface area contributed by atoms with Crippen molar-refractivity contribution in [1.82, 2.24) is 9.78 Å². The van der Waals surface area contributed by atoms with Gasteiger partial charge in [0.1, 0.15) is 10.9 Å². The molecule has 0 bridgehead atoms. The molecule has 0 aliphatic heterocycles. The van der Waals surface area contributed by atoms with Gasteiger partial charge in [0.25, 0.3) is 0 Å². The molecule has 0 N–H and O–H groups in total. The highest BCUT2D eigenvalue weighted by Gasteiger charge is 2.16. The number of hydrogen-bond donors (Lipinski definition) is 0. The number of aromatic nitrogens is 2. The summed E-state index contributed by atoms with van der Waals surface area (Å²) in [6, 6.07) is 8.44.